The molecule has 5 heteroatoms. The summed E-state index contributed by atoms with van der Waals surface area (Å²) >= 11 is 0. The van der Waals surface area contributed by atoms with Crippen LogP contribution in [0.15, 0.2) is 60.8 Å². The van der Waals surface area contributed by atoms with Crippen LogP contribution in [0.25, 0.3) is 22.3 Å². The zero-order chi connectivity index (χ0) is 18.0. The summed E-state index contributed by atoms with van der Waals surface area (Å²) in [5.41, 5.74) is 9.09. The number of rotatable bonds is 3. The summed E-state index contributed by atoms with van der Waals surface area (Å²) in [6.45, 7) is 0. The Morgan fingerprint density at radius 3 is 2.48 bits per heavy atom. The average Bonchev–Trinajstić information content (AvgIpc) is 2.62. The molecule has 3 rings (SSSR count). The van der Waals surface area contributed by atoms with Crippen LogP contribution in [0.4, 0.5) is 10.2 Å². The highest BCUT2D eigenvalue weighted by atomic mass is 19.1. The van der Waals surface area contributed by atoms with Gasteiger partial charge in [-0.2, -0.15) is 0 Å². The summed E-state index contributed by atoms with van der Waals surface area (Å²) in [6, 6.07) is 15.5. The average molecular weight is 335 g/mol. The quantitative estimate of drug-likeness (QED) is 0.791. The van der Waals surface area contributed by atoms with Crippen molar-refractivity contribution in [1.29, 1.82) is 0 Å². The van der Waals surface area contributed by atoms with Crippen LogP contribution in [-0.2, 0) is 0 Å². The Bertz CT molecular complexity index is 938. The Labute approximate surface area is 145 Å². The molecule has 0 spiro atoms. The van der Waals surface area contributed by atoms with Crippen LogP contribution in [0, 0.1) is 5.82 Å². The van der Waals surface area contributed by atoms with Crippen LogP contribution in [-0.4, -0.2) is 29.9 Å². The summed E-state index contributed by atoms with van der Waals surface area (Å²) in [5, 5.41) is 0. The molecule has 1 heterocycles. The molecule has 3 aromatic rings. The fourth-order valence-electron chi connectivity index (χ4n) is 2.63. The smallest absolute Gasteiger partial charge is 0.253 e. The van der Waals surface area contributed by atoms with Gasteiger partial charge in [0, 0.05) is 42.5 Å². The van der Waals surface area contributed by atoms with Crippen LogP contribution in [0.5, 0.6) is 0 Å². The number of hydrogen-bond acceptors (Lipinski definition) is 3. The Hall–Kier alpha value is -3.21. The number of nitrogen functional groups attached to an aromatic ring is 1. The van der Waals surface area contributed by atoms with Crippen molar-refractivity contribution in [3.63, 3.8) is 0 Å². The van der Waals surface area contributed by atoms with Gasteiger partial charge in [0.25, 0.3) is 5.91 Å². The van der Waals surface area contributed by atoms with E-state index in [0.29, 0.717) is 28.1 Å². The number of carbonyl (C=O) groups is 1. The molecule has 2 aromatic carbocycles. The number of halogens is 1. The first-order valence-corrected chi connectivity index (χ1v) is 7.80. The lowest BCUT2D eigenvalue weighted by Gasteiger charge is -2.13. The van der Waals surface area contributed by atoms with Crippen molar-refractivity contribution >= 4 is 11.7 Å². The van der Waals surface area contributed by atoms with Crippen LogP contribution < -0.4 is 5.73 Å². The van der Waals surface area contributed by atoms with Gasteiger partial charge in [-0.3, -0.25) is 4.79 Å². The van der Waals surface area contributed by atoms with E-state index in [4.69, 9.17) is 5.73 Å². The molecule has 0 unspecified atom stereocenters. The highest BCUT2D eigenvalue weighted by molar-refractivity contribution is 5.95. The van der Waals surface area contributed by atoms with Gasteiger partial charge in [0.15, 0.2) is 0 Å². The summed E-state index contributed by atoms with van der Waals surface area (Å²) in [4.78, 5) is 17.9. The number of pyridine rings is 1. The molecule has 0 bridgehead atoms. The maximum Gasteiger partial charge on any atom is 0.253 e. The number of hydrogen-bond donors (Lipinski definition) is 1. The molecule has 25 heavy (non-hydrogen) atoms. The second-order valence-corrected chi connectivity index (χ2v) is 5.92. The largest absolute Gasteiger partial charge is 0.383 e. The Morgan fingerprint density at radius 1 is 1.00 bits per heavy atom. The van der Waals surface area contributed by atoms with E-state index in [-0.39, 0.29) is 11.7 Å². The number of nitrogens with two attached hydrogens (primary N) is 1. The summed E-state index contributed by atoms with van der Waals surface area (Å²) in [5.74, 6) is -0.0928. The molecule has 0 aliphatic carbocycles. The second kappa shape index (κ2) is 6.73. The first kappa shape index (κ1) is 16.6. The standard InChI is InChI=1S/C20H18FN3O/c1-24(2)20(25)14-7-5-6-13(10-14)17-11-15(12-23-19(17)22)16-8-3-4-9-18(16)21/h3-12H,1-2H3,(H2,22,23). The van der Waals surface area contributed by atoms with Gasteiger partial charge in [0.1, 0.15) is 11.6 Å². The second-order valence-electron chi connectivity index (χ2n) is 5.92. The number of anilines is 1. The number of benzene rings is 2. The van der Waals surface area contributed by atoms with Gasteiger partial charge in [-0.05, 0) is 29.8 Å². The highest BCUT2D eigenvalue weighted by Crippen LogP contribution is 2.31. The van der Waals surface area contributed by atoms with Gasteiger partial charge < -0.3 is 10.6 Å². The molecule has 0 aliphatic rings. The van der Waals surface area contributed by atoms with Crippen molar-refractivity contribution < 1.29 is 9.18 Å². The van der Waals surface area contributed by atoms with E-state index < -0.39 is 0 Å². The number of amides is 1. The van der Waals surface area contributed by atoms with Crippen LogP contribution in [0.1, 0.15) is 10.4 Å². The fourth-order valence-corrected chi connectivity index (χ4v) is 2.63. The lowest BCUT2D eigenvalue weighted by atomic mass is 9.99. The van der Waals surface area contributed by atoms with Gasteiger partial charge >= 0.3 is 0 Å². The van der Waals surface area contributed by atoms with E-state index in [0.717, 1.165) is 5.56 Å². The first-order valence-electron chi connectivity index (χ1n) is 7.80. The van der Waals surface area contributed by atoms with Crippen molar-refractivity contribution in [2.45, 2.75) is 0 Å². The predicted molar refractivity (Wildman–Crippen MR) is 97.5 cm³/mol. The maximum atomic E-state index is 14.1. The summed E-state index contributed by atoms with van der Waals surface area (Å²) in [7, 11) is 3.40. The monoisotopic (exact) mass is 335 g/mol. The Morgan fingerprint density at radius 2 is 1.76 bits per heavy atom. The molecule has 0 fully saturated rings. The van der Waals surface area contributed by atoms with E-state index in [1.807, 2.05) is 6.07 Å². The van der Waals surface area contributed by atoms with Crippen LogP contribution in [0.2, 0.25) is 0 Å². The molecule has 0 aliphatic heterocycles. The molecule has 2 N–H and O–H groups in total. The van der Waals surface area contributed by atoms with Crippen molar-refractivity contribution in [3.8, 4) is 22.3 Å². The van der Waals surface area contributed by atoms with E-state index in [1.54, 1.807) is 62.8 Å². The summed E-state index contributed by atoms with van der Waals surface area (Å²) < 4.78 is 14.1. The minimum absolute atomic E-state index is 0.0985. The minimum atomic E-state index is -0.323. The number of aromatic nitrogens is 1. The molecule has 1 aromatic heterocycles. The van der Waals surface area contributed by atoms with Crippen molar-refractivity contribution in [2.75, 3.05) is 19.8 Å². The molecule has 0 saturated heterocycles. The van der Waals surface area contributed by atoms with Gasteiger partial charge in [-0.15, -0.1) is 0 Å². The third-order valence-corrected chi connectivity index (χ3v) is 3.93. The molecule has 4 nitrogen and oxygen atoms in total. The molecule has 0 saturated carbocycles. The van der Waals surface area contributed by atoms with Crippen LogP contribution >= 0.6 is 0 Å². The van der Waals surface area contributed by atoms with Crippen LogP contribution in [0.3, 0.4) is 0 Å². The summed E-state index contributed by atoms with van der Waals surface area (Å²) in [6.07, 6.45) is 1.55. The van der Waals surface area contributed by atoms with E-state index in [2.05, 4.69) is 4.98 Å². The number of carbonyl (C=O) groups excluding carboxylic acids is 1. The van der Waals surface area contributed by atoms with E-state index >= 15 is 0 Å². The highest BCUT2D eigenvalue weighted by Gasteiger charge is 2.13. The lowest BCUT2D eigenvalue weighted by molar-refractivity contribution is 0.0827. The van der Waals surface area contributed by atoms with Gasteiger partial charge in [-0.25, -0.2) is 9.37 Å². The van der Waals surface area contributed by atoms with E-state index in [9.17, 15) is 9.18 Å². The maximum absolute atomic E-state index is 14.1. The zero-order valence-corrected chi connectivity index (χ0v) is 14.0. The SMILES string of the molecule is CN(C)C(=O)c1cccc(-c2cc(-c3ccccc3F)cnc2N)c1. The molecular weight excluding hydrogens is 317 g/mol. The molecule has 0 radical (unpaired) electrons. The molecule has 0 atom stereocenters. The first-order chi connectivity index (χ1) is 12.0. The normalized spacial score (nSPS) is 10.5. The topological polar surface area (TPSA) is 59.2 Å². The zero-order valence-electron chi connectivity index (χ0n) is 14.0. The predicted octanol–water partition coefficient (Wildman–Crippen LogP) is 3.84. The number of nitrogens with zero attached hydrogens (tertiary/aromatic N) is 2. The third kappa shape index (κ3) is 3.35. The van der Waals surface area contributed by atoms with Crippen molar-refractivity contribution in [3.05, 3.63) is 72.2 Å². The lowest BCUT2D eigenvalue weighted by Crippen LogP contribution is -2.21. The minimum Gasteiger partial charge on any atom is -0.383 e. The van der Waals surface area contributed by atoms with Gasteiger partial charge in [0.2, 0.25) is 0 Å². The molecular formula is C20H18FN3O. The van der Waals surface area contributed by atoms with Gasteiger partial charge in [-0.1, -0.05) is 30.3 Å². The fraction of sp³-hybridized carbons (Fsp3) is 0.100. The van der Waals surface area contributed by atoms with Crippen molar-refractivity contribution in [1.82, 2.24) is 9.88 Å². The molecule has 1 amide bonds. The van der Waals surface area contributed by atoms with Crippen molar-refractivity contribution in [2.24, 2.45) is 0 Å². The van der Waals surface area contributed by atoms with E-state index in [1.165, 1.54) is 11.0 Å². The Balaban J connectivity index is 2.09. The Kier molecular flexibility index (Phi) is 4.48. The molecule has 126 valence electrons. The van der Waals surface area contributed by atoms with Gasteiger partial charge in [0.05, 0.1) is 0 Å². The third-order valence-electron chi connectivity index (χ3n) is 3.93.